The Morgan fingerprint density at radius 3 is 2.41 bits per heavy atom. The Bertz CT molecular complexity index is 1270. The first kappa shape index (κ1) is 22.6. The van der Waals surface area contributed by atoms with Crippen LogP contribution in [0.5, 0.6) is 5.88 Å². The van der Waals surface area contributed by atoms with Crippen molar-refractivity contribution in [1.29, 1.82) is 0 Å². The van der Waals surface area contributed by atoms with Crippen LogP contribution in [0.3, 0.4) is 0 Å². The summed E-state index contributed by atoms with van der Waals surface area (Å²) in [5, 5.41) is 15.6. The van der Waals surface area contributed by atoms with E-state index in [1.54, 1.807) is 16.6 Å². The van der Waals surface area contributed by atoms with Crippen molar-refractivity contribution >= 4 is 22.2 Å². The molecule has 1 amide bonds. The second-order valence-electron chi connectivity index (χ2n) is 8.90. The summed E-state index contributed by atoms with van der Waals surface area (Å²) in [5.74, 6) is 1.58. The van der Waals surface area contributed by atoms with Crippen molar-refractivity contribution in [2.45, 2.75) is 39.2 Å². The van der Waals surface area contributed by atoms with E-state index < -0.39 is 0 Å². The number of furan rings is 1. The maximum atomic E-state index is 12.7. The molecule has 0 spiro atoms. The first-order valence-electron chi connectivity index (χ1n) is 11.7. The Labute approximate surface area is 202 Å². The fourth-order valence-electron chi connectivity index (χ4n) is 4.45. The molecule has 1 N–H and O–H groups in total. The van der Waals surface area contributed by atoms with Crippen molar-refractivity contribution < 1.29 is 14.3 Å². The molecule has 1 aliphatic heterocycles. The van der Waals surface area contributed by atoms with Crippen LogP contribution in [-0.2, 0) is 6.42 Å². The third kappa shape index (κ3) is 4.10. The number of benzene rings is 1. The number of aromatic nitrogens is 3. The van der Waals surface area contributed by atoms with Crippen LogP contribution in [0.1, 0.15) is 65.1 Å². The molecule has 1 fully saturated rings. The number of amides is 1. The number of carbonyl (C=O) groups excluding carboxylic acids is 1. The highest BCUT2D eigenvalue weighted by Crippen LogP contribution is 2.40. The first-order valence-corrected chi connectivity index (χ1v) is 12.5. The van der Waals surface area contributed by atoms with E-state index in [1.165, 1.54) is 23.2 Å². The molecule has 0 saturated carbocycles. The van der Waals surface area contributed by atoms with Crippen LogP contribution in [0.2, 0.25) is 0 Å². The molecule has 0 aliphatic carbocycles. The predicted molar refractivity (Wildman–Crippen MR) is 130 cm³/mol. The van der Waals surface area contributed by atoms with E-state index in [2.05, 4.69) is 53.1 Å². The normalized spacial score (nSPS) is 15.9. The number of fused-ring (bicyclic) bond motifs is 1. The van der Waals surface area contributed by atoms with Gasteiger partial charge in [0.05, 0.1) is 17.2 Å². The number of hydrogen-bond donors (Lipinski definition) is 1. The second kappa shape index (κ2) is 9.23. The summed E-state index contributed by atoms with van der Waals surface area (Å²) in [7, 11) is 0. The Kier molecular flexibility index (Phi) is 6.14. The summed E-state index contributed by atoms with van der Waals surface area (Å²) >= 11 is 1.47. The predicted octanol–water partition coefficient (Wildman–Crippen LogP) is 4.32. The quantitative estimate of drug-likeness (QED) is 0.443. The molecule has 1 aliphatic rings. The van der Waals surface area contributed by atoms with Crippen LogP contribution in [0, 0.1) is 0 Å². The zero-order valence-corrected chi connectivity index (χ0v) is 20.5. The number of piperazine rings is 1. The van der Waals surface area contributed by atoms with Gasteiger partial charge in [0.25, 0.3) is 5.91 Å². The topological polar surface area (TPSA) is 87.1 Å². The standard InChI is InChI=1S/C25H29N5O3S/c1-4-20-26-25-30(27-20)24(32)22(34-25)21(18-9-7-17(8-10-18)16(2)3)28-11-13-29(14-12-28)23(31)19-6-5-15-33-19/h5-10,15-16,21,32H,4,11-14H2,1-3H3. The molecule has 0 radical (unpaired) electrons. The molecule has 9 heteroatoms. The van der Waals surface area contributed by atoms with Crippen molar-refractivity contribution in [2.24, 2.45) is 0 Å². The molecular weight excluding hydrogens is 450 g/mol. The van der Waals surface area contributed by atoms with Gasteiger partial charge < -0.3 is 14.4 Å². The van der Waals surface area contributed by atoms with Gasteiger partial charge in [-0.2, -0.15) is 4.52 Å². The zero-order chi connectivity index (χ0) is 23.8. The van der Waals surface area contributed by atoms with Crippen molar-refractivity contribution in [3.8, 4) is 5.88 Å². The van der Waals surface area contributed by atoms with Crippen LogP contribution >= 0.6 is 11.3 Å². The lowest BCUT2D eigenvalue weighted by Gasteiger charge is -2.39. The van der Waals surface area contributed by atoms with Gasteiger partial charge in [-0.05, 0) is 29.2 Å². The van der Waals surface area contributed by atoms with Gasteiger partial charge >= 0.3 is 0 Å². The number of hydrogen-bond acceptors (Lipinski definition) is 7. The smallest absolute Gasteiger partial charge is 0.289 e. The maximum Gasteiger partial charge on any atom is 0.289 e. The molecule has 4 aromatic rings. The van der Waals surface area contributed by atoms with E-state index in [-0.39, 0.29) is 17.8 Å². The van der Waals surface area contributed by atoms with Crippen LogP contribution in [-0.4, -0.2) is 61.6 Å². The van der Waals surface area contributed by atoms with E-state index in [9.17, 15) is 9.90 Å². The van der Waals surface area contributed by atoms with Crippen molar-refractivity contribution in [3.63, 3.8) is 0 Å². The number of carbonyl (C=O) groups is 1. The molecule has 0 bridgehead atoms. The average Bonchev–Trinajstić information content (AvgIpc) is 3.59. The minimum Gasteiger partial charge on any atom is -0.492 e. The van der Waals surface area contributed by atoms with Gasteiger partial charge in [-0.1, -0.05) is 56.4 Å². The molecule has 3 aromatic heterocycles. The van der Waals surface area contributed by atoms with Crippen LogP contribution in [0.4, 0.5) is 0 Å². The lowest BCUT2D eigenvalue weighted by Crippen LogP contribution is -2.49. The molecule has 5 rings (SSSR count). The number of aryl methyl sites for hydroxylation is 1. The largest absolute Gasteiger partial charge is 0.492 e. The highest BCUT2D eigenvalue weighted by atomic mass is 32.1. The fourth-order valence-corrected chi connectivity index (χ4v) is 5.59. The Morgan fingerprint density at radius 1 is 1.12 bits per heavy atom. The SMILES string of the molecule is CCc1nc2sc(C(c3ccc(C(C)C)cc3)N3CCN(C(=O)c4ccco4)CC3)c(O)n2n1. The van der Waals surface area contributed by atoms with Gasteiger partial charge in [-0.15, -0.1) is 5.10 Å². The number of nitrogens with zero attached hydrogens (tertiary/aromatic N) is 5. The minimum absolute atomic E-state index is 0.0868. The Balaban J connectivity index is 1.46. The Morgan fingerprint density at radius 2 is 1.82 bits per heavy atom. The third-order valence-electron chi connectivity index (χ3n) is 6.43. The Hall–Kier alpha value is -3.17. The van der Waals surface area contributed by atoms with Gasteiger partial charge in [-0.25, -0.2) is 4.98 Å². The van der Waals surface area contributed by atoms with E-state index in [1.807, 2.05) is 11.8 Å². The molecular formula is C25H29N5O3S. The molecule has 1 aromatic carbocycles. The van der Waals surface area contributed by atoms with Gasteiger partial charge in [0, 0.05) is 32.6 Å². The summed E-state index contributed by atoms with van der Waals surface area (Å²) in [4.78, 5) is 23.0. The monoisotopic (exact) mass is 479 g/mol. The molecule has 4 heterocycles. The number of thiazole rings is 1. The van der Waals surface area contributed by atoms with Gasteiger partial charge in [-0.3, -0.25) is 9.69 Å². The third-order valence-corrected chi connectivity index (χ3v) is 7.50. The minimum atomic E-state index is -0.152. The number of rotatable bonds is 6. The molecule has 1 atom stereocenters. The molecule has 1 unspecified atom stereocenters. The zero-order valence-electron chi connectivity index (χ0n) is 19.6. The first-order chi connectivity index (χ1) is 16.5. The average molecular weight is 480 g/mol. The van der Waals surface area contributed by atoms with Crippen LogP contribution < -0.4 is 0 Å². The van der Waals surface area contributed by atoms with E-state index >= 15 is 0 Å². The van der Waals surface area contributed by atoms with Gasteiger partial charge in [0.15, 0.2) is 11.6 Å². The molecule has 178 valence electrons. The summed E-state index contributed by atoms with van der Waals surface area (Å²) in [6.07, 6.45) is 2.24. The lowest BCUT2D eigenvalue weighted by molar-refractivity contribution is 0.0568. The highest BCUT2D eigenvalue weighted by Gasteiger charge is 2.33. The summed E-state index contributed by atoms with van der Waals surface area (Å²) in [6.45, 7) is 8.88. The summed E-state index contributed by atoms with van der Waals surface area (Å²) in [5.41, 5.74) is 2.38. The second-order valence-corrected chi connectivity index (χ2v) is 9.90. The van der Waals surface area contributed by atoms with E-state index in [4.69, 9.17) is 4.42 Å². The summed E-state index contributed by atoms with van der Waals surface area (Å²) < 4.78 is 6.85. The summed E-state index contributed by atoms with van der Waals surface area (Å²) in [6, 6.07) is 11.9. The lowest BCUT2D eigenvalue weighted by atomic mass is 9.97. The molecule has 1 saturated heterocycles. The molecule has 34 heavy (non-hydrogen) atoms. The highest BCUT2D eigenvalue weighted by molar-refractivity contribution is 7.17. The maximum absolute atomic E-state index is 12.7. The van der Waals surface area contributed by atoms with Crippen LogP contribution in [0.25, 0.3) is 4.96 Å². The van der Waals surface area contributed by atoms with Gasteiger partial charge in [0.2, 0.25) is 10.8 Å². The van der Waals surface area contributed by atoms with Crippen molar-refractivity contribution in [1.82, 2.24) is 24.4 Å². The molecule has 8 nitrogen and oxygen atoms in total. The van der Waals surface area contributed by atoms with Crippen molar-refractivity contribution in [3.05, 3.63) is 70.3 Å². The van der Waals surface area contributed by atoms with Gasteiger partial charge in [0.1, 0.15) is 0 Å². The van der Waals surface area contributed by atoms with E-state index in [0.29, 0.717) is 42.8 Å². The fraction of sp³-hybridized carbons (Fsp3) is 0.400. The number of aromatic hydroxyl groups is 1. The van der Waals surface area contributed by atoms with Crippen molar-refractivity contribution in [2.75, 3.05) is 26.2 Å². The van der Waals surface area contributed by atoms with Crippen LogP contribution in [0.15, 0.2) is 47.1 Å². The van der Waals surface area contributed by atoms with E-state index in [0.717, 1.165) is 22.7 Å².